The number of carboxylic acid groups (broad SMARTS) is 1. The van der Waals surface area contributed by atoms with E-state index in [1.54, 1.807) is 6.92 Å². The van der Waals surface area contributed by atoms with Gasteiger partial charge in [0.15, 0.2) is 0 Å². The Labute approximate surface area is 103 Å². The predicted molar refractivity (Wildman–Crippen MR) is 60.2 cm³/mol. The fraction of sp³-hybridized carbons (Fsp3) is 0.462. The maximum Gasteiger partial charge on any atom is 0.312 e. The van der Waals surface area contributed by atoms with Crippen molar-refractivity contribution in [2.45, 2.75) is 25.9 Å². The quantitative estimate of drug-likeness (QED) is 0.903. The molecule has 2 rings (SSSR count). The van der Waals surface area contributed by atoms with Crippen LogP contribution in [-0.2, 0) is 16.0 Å². The number of hydrogen-bond acceptors (Lipinski definition) is 2. The minimum Gasteiger partial charge on any atom is -0.481 e. The highest BCUT2D eigenvalue weighted by molar-refractivity contribution is 5.76. The molecule has 3 nitrogen and oxygen atoms in total. The summed E-state index contributed by atoms with van der Waals surface area (Å²) in [4.78, 5) is 11.4. The number of ether oxygens (including phenoxy) is 1. The Kier molecular flexibility index (Phi) is 3.34. The summed E-state index contributed by atoms with van der Waals surface area (Å²) >= 11 is 0. The second-order valence-electron chi connectivity index (χ2n) is 4.60. The Bertz CT molecular complexity index is 455. The third-order valence-electron chi connectivity index (χ3n) is 3.67. The van der Waals surface area contributed by atoms with Crippen LogP contribution >= 0.6 is 0 Å². The number of halogens is 2. The lowest BCUT2D eigenvalue weighted by Gasteiger charge is -2.27. The average molecular weight is 256 g/mol. The van der Waals surface area contributed by atoms with Gasteiger partial charge in [-0.15, -0.1) is 0 Å². The molecular formula is C13H14F2O3. The van der Waals surface area contributed by atoms with Gasteiger partial charge < -0.3 is 9.84 Å². The van der Waals surface area contributed by atoms with Gasteiger partial charge in [-0.05, 0) is 31.9 Å². The maximum atomic E-state index is 13.6. The summed E-state index contributed by atoms with van der Waals surface area (Å²) in [7, 11) is 0. The van der Waals surface area contributed by atoms with E-state index in [1.807, 2.05) is 0 Å². The highest BCUT2D eigenvalue weighted by atomic mass is 19.1. The molecule has 0 spiro atoms. The van der Waals surface area contributed by atoms with Crippen molar-refractivity contribution in [3.05, 3.63) is 35.4 Å². The molecule has 1 aromatic carbocycles. The molecule has 2 unspecified atom stereocenters. The maximum absolute atomic E-state index is 13.6. The van der Waals surface area contributed by atoms with Crippen LogP contribution in [0, 0.1) is 17.0 Å². The van der Waals surface area contributed by atoms with Crippen molar-refractivity contribution in [1.29, 1.82) is 0 Å². The van der Waals surface area contributed by atoms with E-state index in [0.29, 0.717) is 6.61 Å². The molecule has 1 aliphatic rings. The second kappa shape index (κ2) is 4.65. The van der Waals surface area contributed by atoms with E-state index >= 15 is 0 Å². The van der Waals surface area contributed by atoms with E-state index in [9.17, 15) is 18.7 Å². The minimum atomic E-state index is -1.25. The minimum absolute atomic E-state index is 0.183. The zero-order chi connectivity index (χ0) is 13.3. The molecule has 18 heavy (non-hydrogen) atoms. The van der Waals surface area contributed by atoms with E-state index in [-0.39, 0.29) is 18.4 Å². The Balaban J connectivity index is 2.39. The summed E-state index contributed by atoms with van der Waals surface area (Å²) < 4.78 is 32.4. The van der Waals surface area contributed by atoms with Crippen LogP contribution in [0.15, 0.2) is 18.2 Å². The third-order valence-corrected chi connectivity index (χ3v) is 3.67. The van der Waals surface area contributed by atoms with Crippen molar-refractivity contribution in [3.63, 3.8) is 0 Å². The van der Waals surface area contributed by atoms with Crippen LogP contribution in [0.5, 0.6) is 0 Å². The van der Waals surface area contributed by atoms with E-state index in [4.69, 9.17) is 4.74 Å². The van der Waals surface area contributed by atoms with Gasteiger partial charge in [0, 0.05) is 12.2 Å². The van der Waals surface area contributed by atoms with E-state index in [2.05, 4.69) is 0 Å². The van der Waals surface area contributed by atoms with Gasteiger partial charge in [0.1, 0.15) is 11.6 Å². The summed E-state index contributed by atoms with van der Waals surface area (Å²) in [5.74, 6) is -2.50. The van der Waals surface area contributed by atoms with Crippen LogP contribution in [0.25, 0.3) is 0 Å². The summed E-state index contributed by atoms with van der Waals surface area (Å²) in [5, 5.41) is 9.35. The molecular weight excluding hydrogens is 242 g/mol. The lowest BCUT2D eigenvalue weighted by Crippen LogP contribution is -2.40. The van der Waals surface area contributed by atoms with Gasteiger partial charge in [-0.3, -0.25) is 4.79 Å². The molecule has 1 saturated heterocycles. The molecule has 0 amide bonds. The van der Waals surface area contributed by atoms with Crippen molar-refractivity contribution in [3.8, 4) is 0 Å². The molecule has 0 saturated carbocycles. The molecule has 2 atom stereocenters. The number of benzene rings is 1. The molecule has 98 valence electrons. The normalized spacial score (nSPS) is 27.4. The van der Waals surface area contributed by atoms with Crippen molar-refractivity contribution in [1.82, 2.24) is 0 Å². The van der Waals surface area contributed by atoms with Crippen LogP contribution in [0.1, 0.15) is 18.9 Å². The Morgan fingerprint density at radius 1 is 1.50 bits per heavy atom. The molecule has 1 heterocycles. The van der Waals surface area contributed by atoms with Gasteiger partial charge >= 0.3 is 5.97 Å². The van der Waals surface area contributed by atoms with E-state index in [1.165, 1.54) is 6.07 Å². The van der Waals surface area contributed by atoms with Crippen LogP contribution in [0.4, 0.5) is 8.78 Å². The van der Waals surface area contributed by atoms with Crippen LogP contribution in [0.2, 0.25) is 0 Å². The van der Waals surface area contributed by atoms with Crippen molar-refractivity contribution >= 4 is 5.97 Å². The van der Waals surface area contributed by atoms with Crippen LogP contribution in [-0.4, -0.2) is 23.8 Å². The Morgan fingerprint density at radius 3 is 2.56 bits per heavy atom. The van der Waals surface area contributed by atoms with Gasteiger partial charge in [0.25, 0.3) is 0 Å². The lowest BCUT2D eigenvalue weighted by molar-refractivity contribution is -0.151. The molecule has 0 aliphatic carbocycles. The number of rotatable bonds is 3. The summed E-state index contributed by atoms with van der Waals surface area (Å²) in [6.07, 6.45) is -0.492. The molecule has 0 radical (unpaired) electrons. The van der Waals surface area contributed by atoms with Gasteiger partial charge in [-0.25, -0.2) is 8.78 Å². The van der Waals surface area contributed by atoms with Gasteiger partial charge in [-0.2, -0.15) is 0 Å². The Hall–Kier alpha value is -1.49. The monoisotopic (exact) mass is 256 g/mol. The average Bonchev–Trinajstić information content (AvgIpc) is 2.67. The first kappa shape index (κ1) is 13.0. The van der Waals surface area contributed by atoms with Gasteiger partial charge in [0.05, 0.1) is 11.5 Å². The SMILES string of the molecule is CC1OCCC1(Cc1c(F)cccc1F)C(=O)O. The number of aliphatic carboxylic acids is 1. The first-order valence-corrected chi connectivity index (χ1v) is 5.75. The highest BCUT2D eigenvalue weighted by Gasteiger charge is 2.49. The third kappa shape index (κ3) is 1.99. The molecule has 0 bridgehead atoms. The molecule has 0 aromatic heterocycles. The van der Waals surface area contributed by atoms with E-state index < -0.39 is 29.1 Å². The first-order chi connectivity index (χ1) is 8.47. The summed E-state index contributed by atoms with van der Waals surface area (Å²) in [6, 6.07) is 3.53. The standard InChI is InChI=1S/C13H14F2O3/c1-8-13(12(16)17,5-6-18-8)7-9-10(14)3-2-4-11(9)15/h2-4,8H,5-7H2,1H3,(H,16,17). The molecule has 1 aromatic rings. The number of hydrogen-bond donors (Lipinski definition) is 1. The van der Waals surface area contributed by atoms with Crippen molar-refractivity contribution < 1.29 is 23.4 Å². The first-order valence-electron chi connectivity index (χ1n) is 5.75. The van der Waals surface area contributed by atoms with Gasteiger partial charge in [-0.1, -0.05) is 6.07 Å². The highest BCUT2D eigenvalue weighted by Crippen LogP contribution is 2.39. The van der Waals surface area contributed by atoms with E-state index in [0.717, 1.165) is 12.1 Å². The number of carboxylic acids is 1. The largest absolute Gasteiger partial charge is 0.481 e. The van der Waals surface area contributed by atoms with Crippen LogP contribution in [0.3, 0.4) is 0 Å². The zero-order valence-electron chi connectivity index (χ0n) is 9.95. The molecule has 1 fully saturated rings. The lowest BCUT2D eigenvalue weighted by atomic mass is 9.76. The summed E-state index contributed by atoms with van der Waals surface area (Å²) in [6.45, 7) is 1.92. The molecule has 5 heteroatoms. The fourth-order valence-corrected chi connectivity index (χ4v) is 2.39. The summed E-state index contributed by atoms with van der Waals surface area (Å²) in [5.41, 5.74) is -1.43. The van der Waals surface area contributed by atoms with Crippen molar-refractivity contribution in [2.75, 3.05) is 6.61 Å². The number of carbonyl (C=O) groups is 1. The topological polar surface area (TPSA) is 46.5 Å². The fourth-order valence-electron chi connectivity index (χ4n) is 2.39. The predicted octanol–water partition coefficient (Wildman–Crippen LogP) is 2.39. The van der Waals surface area contributed by atoms with Crippen LogP contribution < -0.4 is 0 Å². The van der Waals surface area contributed by atoms with Gasteiger partial charge in [0.2, 0.25) is 0 Å². The van der Waals surface area contributed by atoms with Crippen molar-refractivity contribution in [2.24, 2.45) is 5.41 Å². The second-order valence-corrected chi connectivity index (χ2v) is 4.60. The molecule has 1 aliphatic heterocycles. The zero-order valence-corrected chi connectivity index (χ0v) is 9.95. The Morgan fingerprint density at radius 2 is 2.11 bits per heavy atom. The molecule has 1 N–H and O–H groups in total. The smallest absolute Gasteiger partial charge is 0.312 e.